The fraction of sp³-hybridized carbons (Fsp3) is 0.714. The van der Waals surface area contributed by atoms with Gasteiger partial charge in [-0.15, -0.1) is 0 Å². The summed E-state index contributed by atoms with van der Waals surface area (Å²) < 4.78 is 1.81. The first kappa shape index (κ1) is 12.3. The fourth-order valence-corrected chi connectivity index (χ4v) is 2.66. The summed E-state index contributed by atoms with van der Waals surface area (Å²) in [4.78, 5) is 12.4. The van der Waals surface area contributed by atoms with Crippen molar-refractivity contribution >= 4 is 5.78 Å². The lowest BCUT2D eigenvalue weighted by atomic mass is 9.72. The standard InChI is InChI=1S/C14H22N2O/c1-4-16-12(7-10-15-16)13(17)11-5-8-14(2,3)9-6-11/h7,10-11H,4-6,8-9H2,1-3H3. The third kappa shape index (κ3) is 2.59. The first-order valence-corrected chi connectivity index (χ1v) is 6.59. The molecule has 2 rings (SSSR count). The third-order valence-electron chi connectivity index (χ3n) is 3.98. The molecule has 1 aromatic rings. The van der Waals surface area contributed by atoms with E-state index in [0.29, 0.717) is 11.2 Å². The summed E-state index contributed by atoms with van der Waals surface area (Å²) in [5.41, 5.74) is 1.21. The van der Waals surface area contributed by atoms with Crippen molar-refractivity contribution < 1.29 is 4.79 Å². The van der Waals surface area contributed by atoms with E-state index in [1.807, 2.05) is 17.7 Å². The van der Waals surface area contributed by atoms with Crippen molar-refractivity contribution in [1.29, 1.82) is 0 Å². The number of carbonyl (C=O) groups excluding carboxylic acids is 1. The van der Waals surface area contributed by atoms with Gasteiger partial charge in [-0.25, -0.2) is 0 Å². The van der Waals surface area contributed by atoms with E-state index in [9.17, 15) is 4.79 Å². The van der Waals surface area contributed by atoms with Crippen molar-refractivity contribution in [3.05, 3.63) is 18.0 Å². The summed E-state index contributed by atoms with van der Waals surface area (Å²) in [6.07, 6.45) is 6.10. The third-order valence-corrected chi connectivity index (χ3v) is 3.98. The van der Waals surface area contributed by atoms with Gasteiger partial charge in [0.05, 0.1) is 0 Å². The van der Waals surface area contributed by atoms with Crippen LogP contribution in [-0.4, -0.2) is 15.6 Å². The molecule has 0 saturated heterocycles. The van der Waals surface area contributed by atoms with Crippen molar-refractivity contribution in [3.8, 4) is 0 Å². The van der Waals surface area contributed by atoms with Crippen molar-refractivity contribution in [2.24, 2.45) is 11.3 Å². The van der Waals surface area contributed by atoms with Crippen LogP contribution in [0.1, 0.15) is 56.9 Å². The quantitative estimate of drug-likeness (QED) is 0.752. The average Bonchev–Trinajstić information content (AvgIpc) is 2.76. The zero-order valence-corrected chi connectivity index (χ0v) is 11.1. The van der Waals surface area contributed by atoms with E-state index in [0.717, 1.165) is 37.9 Å². The number of carbonyl (C=O) groups is 1. The minimum Gasteiger partial charge on any atom is -0.292 e. The maximum absolute atomic E-state index is 12.4. The molecule has 0 spiro atoms. The number of hydrogen-bond donors (Lipinski definition) is 0. The number of nitrogens with zero attached hydrogens (tertiary/aromatic N) is 2. The van der Waals surface area contributed by atoms with Gasteiger partial charge in [0.1, 0.15) is 5.69 Å². The van der Waals surface area contributed by atoms with Crippen LogP contribution in [-0.2, 0) is 6.54 Å². The van der Waals surface area contributed by atoms with Gasteiger partial charge in [-0.3, -0.25) is 9.48 Å². The molecule has 3 nitrogen and oxygen atoms in total. The molecule has 0 amide bonds. The van der Waals surface area contributed by atoms with Crippen molar-refractivity contribution in [3.63, 3.8) is 0 Å². The monoisotopic (exact) mass is 234 g/mol. The van der Waals surface area contributed by atoms with Crippen LogP contribution in [0.25, 0.3) is 0 Å². The largest absolute Gasteiger partial charge is 0.292 e. The number of aromatic nitrogens is 2. The van der Waals surface area contributed by atoms with Gasteiger partial charge >= 0.3 is 0 Å². The molecule has 0 aromatic carbocycles. The Labute approximate surface area is 103 Å². The lowest BCUT2D eigenvalue weighted by Gasteiger charge is -2.33. The Hall–Kier alpha value is -1.12. The predicted octanol–water partition coefficient (Wildman–Crippen LogP) is 3.30. The normalized spacial score (nSPS) is 20.4. The Kier molecular flexibility index (Phi) is 3.36. The molecular weight excluding hydrogens is 212 g/mol. The molecule has 0 unspecified atom stereocenters. The van der Waals surface area contributed by atoms with Gasteiger partial charge in [0.15, 0.2) is 5.78 Å². The van der Waals surface area contributed by atoms with Crippen molar-refractivity contribution in [2.75, 3.05) is 0 Å². The molecule has 1 aliphatic rings. The molecule has 0 bridgehead atoms. The summed E-state index contributed by atoms with van der Waals surface area (Å²) in [5.74, 6) is 0.505. The van der Waals surface area contributed by atoms with E-state index in [1.165, 1.54) is 0 Å². The van der Waals surface area contributed by atoms with Gasteiger partial charge < -0.3 is 0 Å². The van der Waals surface area contributed by atoms with Gasteiger partial charge in [-0.05, 0) is 44.1 Å². The maximum Gasteiger partial charge on any atom is 0.183 e. The second-order valence-corrected chi connectivity index (χ2v) is 5.83. The lowest BCUT2D eigenvalue weighted by molar-refractivity contribution is 0.0827. The first-order valence-electron chi connectivity index (χ1n) is 6.59. The highest BCUT2D eigenvalue weighted by molar-refractivity contribution is 5.96. The van der Waals surface area contributed by atoms with Crippen LogP contribution in [0.4, 0.5) is 0 Å². The number of aryl methyl sites for hydroxylation is 1. The lowest BCUT2D eigenvalue weighted by Crippen LogP contribution is -2.27. The second-order valence-electron chi connectivity index (χ2n) is 5.83. The Bertz CT molecular complexity index is 396. The van der Waals surface area contributed by atoms with E-state index in [2.05, 4.69) is 18.9 Å². The number of rotatable bonds is 3. The molecule has 0 aliphatic heterocycles. The molecule has 3 heteroatoms. The SMILES string of the molecule is CCn1nccc1C(=O)C1CCC(C)(C)CC1. The van der Waals surface area contributed by atoms with Gasteiger partial charge in [-0.2, -0.15) is 5.10 Å². The maximum atomic E-state index is 12.4. The molecule has 94 valence electrons. The summed E-state index contributed by atoms with van der Waals surface area (Å²) >= 11 is 0. The molecule has 0 radical (unpaired) electrons. The summed E-state index contributed by atoms with van der Waals surface area (Å²) in [7, 11) is 0. The van der Waals surface area contributed by atoms with Gasteiger partial charge in [-0.1, -0.05) is 13.8 Å². The molecule has 17 heavy (non-hydrogen) atoms. The van der Waals surface area contributed by atoms with Gasteiger partial charge in [0.2, 0.25) is 0 Å². The van der Waals surface area contributed by atoms with E-state index < -0.39 is 0 Å². The molecule has 1 heterocycles. The molecule has 1 aliphatic carbocycles. The van der Waals surface area contributed by atoms with Crippen LogP contribution in [0.5, 0.6) is 0 Å². The van der Waals surface area contributed by atoms with Crippen LogP contribution in [0.3, 0.4) is 0 Å². The molecule has 1 saturated carbocycles. The highest BCUT2D eigenvalue weighted by atomic mass is 16.1. The fourth-order valence-electron chi connectivity index (χ4n) is 2.66. The molecule has 1 fully saturated rings. The number of Topliss-reactive ketones (excluding diaryl/α,β-unsaturated/α-hetero) is 1. The van der Waals surface area contributed by atoms with Crippen molar-refractivity contribution in [1.82, 2.24) is 9.78 Å². The van der Waals surface area contributed by atoms with Crippen LogP contribution >= 0.6 is 0 Å². The molecule has 0 atom stereocenters. The minimum absolute atomic E-state index is 0.213. The Morgan fingerprint density at radius 1 is 1.47 bits per heavy atom. The Morgan fingerprint density at radius 2 is 2.12 bits per heavy atom. The number of hydrogen-bond acceptors (Lipinski definition) is 2. The van der Waals surface area contributed by atoms with Crippen molar-refractivity contribution in [2.45, 2.75) is 53.0 Å². The van der Waals surface area contributed by atoms with Gasteiger partial charge in [0.25, 0.3) is 0 Å². The summed E-state index contributed by atoms with van der Waals surface area (Å²) in [5, 5.41) is 4.18. The second kappa shape index (κ2) is 4.63. The molecule has 1 aromatic heterocycles. The van der Waals surface area contributed by atoms with E-state index in [-0.39, 0.29) is 5.92 Å². The summed E-state index contributed by atoms with van der Waals surface area (Å²) in [6, 6.07) is 1.85. The smallest absolute Gasteiger partial charge is 0.183 e. The zero-order chi connectivity index (χ0) is 12.5. The molecular formula is C14H22N2O. The van der Waals surface area contributed by atoms with E-state index in [4.69, 9.17) is 0 Å². The van der Waals surface area contributed by atoms with Crippen LogP contribution in [0.2, 0.25) is 0 Å². The van der Waals surface area contributed by atoms with Crippen LogP contribution < -0.4 is 0 Å². The Balaban J connectivity index is 2.07. The first-order chi connectivity index (χ1) is 8.03. The topological polar surface area (TPSA) is 34.9 Å². The number of ketones is 1. The van der Waals surface area contributed by atoms with Crippen LogP contribution in [0, 0.1) is 11.3 Å². The highest BCUT2D eigenvalue weighted by Crippen LogP contribution is 2.39. The van der Waals surface area contributed by atoms with Gasteiger partial charge in [0, 0.05) is 18.7 Å². The Morgan fingerprint density at radius 3 is 2.71 bits per heavy atom. The average molecular weight is 234 g/mol. The predicted molar refractivity (Wildman–Crippen MR) is 68.0 cm³/mol. The summed E-state index contributed by atoms with van der Waals surface area (Å²) in [6.45, 7) is 7.38. The van der Waals surface area contributed by atoms with E-state index in [1.54, 1.807) is 6.20 Å². The molecule has 0 N–H and O–H groups in total. The van der Waals surface area contributed by atoms with Crippen LogP contribution in [0.15, 0.2) is 12.3 Å². The minimum atomic E-state index is 0.213. The zero-order valence-electron chi connectivity index (χ0n) is 11.1. The highest BCUT2D eigenvalue weighted by Gasteiger charge is 2.31. The van der Waals surface area contributed by atoms with E-state index >= 15 is 0 Å².